The highest BCUT2D eigenvalue weighted by Gasteiger charge is 2.36. The lowest BCUT2D eigenvalue weighted by Gasteiger charge is -2.37. The molecule has 2 atom stereocenters. The van der Waals surface area contributed by atoms with Crippen LogP contribution in [0.2, 0.25) is 0 Å². The molecule has 1 heterocycles. The maximum Gasteiger partial charge on any atom is 0.225 e. The smallest absolute Gasteiger partial charge is 0.225 e. The Bertz CT molecular complexity index is 265. The molecule has 92 valence electrons. The lowest BCUT2D eigenvalue weighted by atomic mass is 9.91. The highest BCUT2D eigenvalue weighted by molar-refractivity contribution is 5.79. The van der Waals surface area contributed by atoms with Crippen molar-refractivity contribution in [3.05, 3.63) is 0 Å². The van der Waals surface area contributed by atoms with Crippen LogP contribution in [0, 0.1) is 11.8 Å². The van der Waals surface area contributed by atoms with E-state index in [2.05, 4.69) is 6.92 Å². The van der Waals surface area contributed by atoms with Gasteiger partial charge < -0.3 is 10.0 Å². The summed E-state index contributed by atoms with van der Waals surface area (Å²) in [4.78, 5) is 14.2. The van der Waals surface area contributed by atoms with Crippen LogP contribution < -0.4 is 0 Å². The fourth-order valence-electron chi connectivity index (χ4n) is 2.96. The first-order valence-corrected chi connectivity index (χ1v) is 6.51. The van der Waals surface area contributed by atoms with Crippen LogP contribution in [0.15, 0.2) is 0 Å². The SMILES string of the molecule is CC1CCCC1C(=O)N1CCC(C)(O)CC1. The van der Waals surface area contributed by atoms with E-state index in [4.69, 9.17) is 0 Å². The van der Waals surface area contributed by atoms with Crippen LogP contribution in [0.4, 0.5) is 0 Å². The van der Waals surface area contributed by atoms with E-state index in [-0.39, 0.29) is 5.92 Å². The zero-order valence-electron chi connectivity index (χ0n) is 10.4. The zero-order chi connectivity index (χ0) is 11.8. The molecule has 0 aromatic carbocycles. The number of carbonyl (C=O) groups is 1. The van der Waals surface area contributed by atoms with E-state index < -0.39 is 5.60 Å². The highest BCUT2D eigenvalue weighted by atomic mass is 16.3. The fourth-order valence-corrected chi connectivity index (χ4v) is 2.96. The fraction of sp³-hybridized carbons (Fsp3) is 0.923. The number of hydrogen-bond acceptors (Lipinski definition) is 2. The Morgan fingerprint density at radius 1 is 1.31 bits per heavy atom. The molecule has 0 aromatic rings. The van der Waals surface area contributed by atoms with E-state index in [1.54, 1.807) is 0 Å². The van der Waals surface area contributed by atoms with E-state index in [1.807, 2.05) is 11.8 Å². The Morgan fingerprint density at radius 2 is 1.94 bits per heavy atom. The second-order valence-electron chi connectivity index (χ2n) is 5.84. The molecule has 0 spiro atoms. The third-order valence-electron chi connectivity index (χ3n) is 4.33. The number of likely N-dealkylation sites (tertiary alicyclic amines) is 1. The maximum atomic E-state index is 12.3. The van der Waals surface area contributed by atoms with Gasteiger partial charge in [0.05, 0.1) is 5.60 Å². The topological polar surface area (TPSA) is 40.5 Å². The molecule has 1 N–H and O–H groups in total. The summed E-state index contributed by atoms with van der Waals surface area (Å²) in [6, 6.07) is 0. The van der Waals surface area contributed by atoms with Gasteiger partial charge in [0.1, 0.15) is 0 Å². The molecule has 1 saturated carbocycles. The molecule has 16 heavy (non-hydrogen) atoms. The molecule has 1 amide bonds. The van der Waals surface area contributed by atoms with Gasteiger partial charge >= 0.3 is 0 Å². The molecule has 1 aliphatic carbocycles. The maximum absolute atomic E-state index is 12.3. The van der Waals surface area contributed by atoms with Gasteiger partial charge in [-0.15, -0.1) is 0 Å². The number of hydrogen-bond donors (Lipinski definition) is 1. The van der Waals surface area contributed by atoms with Gasteiger partial charge in [-0.3, -0.25) is 4.79 Å². The number of rotatable bonds is 1. The molecule has 3 nitrogen and oxygen atoms in total. The van der Waals surface area contributed by atoms with Gasteiger partial charge in [0.25, 0.3) is 0 Å². The van der Waals surface area contributed by atoms with E-state index in [9.17, 15) is 9.90 Å². The number of carbonyl (C=O) groups excluding carboxylic acids is 1. The van der Waals surface area contributed by atoms with Crippen LogP contribution in [0.25, 0.3) is 0 Å². The summed E-state index contributed by atoms with van der Waals surface area (Å²) >= 11 is 0. The predicted octanol–water partition coefficient (Wildman–Crippen LogP) is 1.80. The van der Waals surface area contributed by atoms with Gasteiger partial charge in [-0.05, 0) is 38.5 Å². The second kappa shape index (κ2) is 4.36. The molecule has 3 heteroatoms. The molecular weight excluding hydrogens is 202 g/mol. The molecule has 2 aliphatic rings. The van der Waals surface area contributed by atoms with Gasteiger partial charge in [-0.2, -0.15) is 0 Å². The molecular formula is C13H23NO2. The molecule has 1 aliphatic heterocycles. The van der Waals surface area contributed by atoms with Crippen molar-refractivity contribution in [2.75, 3.05) is 13.1 Å². The molecule has 2 unspecified atom stereocenters. The minimum absolute atomic E-state index is 0.253. The van der Waals surface area contributed by atoms with Gasteiger partial charge in [0.2, 0.25) is 5.91 Å². The highest BCUT2D eigenvalue weighted by Crippen LogP contribution is 2.33. The number of aliphatic hydroxyl groups is 1. The molecule has 2 rings (SSSR count). The summed E-state index contributed by atoms with van der Waals surface area (Å²) in [5.74, 6) is 1.14. The van der Waals surface area contributed by atoms with Gasteiger partial charge in [-0.1, -0.05) is 13.3 Å². The summed E-state index contributed by atoms with van der Waals surface area (Å²) in [7, 11) is 0. The van der Waals surface area contributed by atoms with Crippen molar-refractivity contribution in [3.8, 4) is 0 Å². The average molecular weight is 225 g/mol. The quantitative estimate of drug-likeness (QED) is 0.739. The van der Waals surface area contributed by atoms with Crippen molar-refractivity contribution in [1.29, 1.82) is 0 Å². The zero-order valence-corrected chi connectivity index (χ0v) is 10.4. The summed E-state index contributed by atoms with van der Waals surface area (Å²) in [6.45, 7) is 5.52. The van der Waals surface area contributed by atoms with Crippen molar-refractivity contribution in [1.82, 2.24) is 4.90 Å². The second-order valence-corrected chi connectivity index (χ2v) is 5.84. The summed E-state index contributed by atoms with van der Waals surface area (Å²) in [5.41, 5.74) is -0.557. The first kappa shape index (κ1) is 11.9. The summed E-state index contributed by atoms with van der Waals surface area (Å²) < 4.78 is 0. The Morgan fingerprint density at radius 3 is 2.44 bits per heavy atom. The van der Waals surface area contributed by atoms with Crippen molar-refractivity contribution < 1.29 is 9.90 Å². The van der Waals surface area contributed by atoms with Crippen molar-refractivity contribution in [2.45, 2.75) is 51.6 Å². The Balaban J connectivity index is 1.91. The van der Waals surface area contributed by atoms with E-state index in [0.717, 1.165) is 32.4 Å². The third kappa shape index (κ3) is 2.40. The number of nitrogens with zero attached hydrogens (tertiary/aromatic N) is 1. The van der Waals surface area contributed by atoms with E-state index in [0.29, 0.717) is 11.8 Å². The first-order chi connectivity index (χ1) is 7.49. The van der Waals surface area contributed by atoms with Crippen LogP contribution in [-0.4, -0.2) is 34.6 Å². The molecule has 0 aromatic heterocycles. The normalized spacial score (nSPS) is 34.1. The van der Waals surface area contributed by atoms with Gasteiger partial charge in [0.15, 0.2) is 0 Å². The van der Waals surface area contributed by atoms with Crippen LogP contribution in [-0.2, 0) is 4.79 Å². The largest absolute Gasteiger partial charge is 0.390 e. The van der Waals surface area contributed by atoms with E-state index in [1.165, 1.54) is 12.8 Å². The van der Waals surface area contributed by atoms with Crippen molar-refractivity contribution >= 4 is 5.91 Å². The lowest BCUT2D eigenvalue weighted by Crippen LogP contribution is -2.47. The number of piperidine rings is 1. The van der Waals surface area contributed by atoms with Crippen LogP contribution in [0.1, 0.15) is 46.0 Å². The predicted molar refractivity (Wildman–Crippen MR) is 62.9 cm³/mol. The third-order valence-corrected chi connectivity index (χ3v) is 4.33. The Labute approximate surface area is 97.8 Å². The lowest BCUT2D eigenvalue weighted by molar-refractivity contribution is -0.140. The summed E-state index contributed by atoms with van der Waals surface area (Å²) in [6.07, 6.45) is 4.90. The monoisotopic (exact) mass is 225 g/mol. The van der Waals surface area contributed by atoms with Crippen LogP contribution >= 0.6 is 0 Å². The van der Waals surface area contributed by atoms with Crippen LogP contribution in [0.3, 0.4) is 0 Å². The average Bonchev–Trinajstić information content (AvgIpc) is 2.63. The van der Waals surface area contributed by atoms with Crippen molar-refractivity contribution in [3.63, 3.8) is 0 Å². The van der Waals surface area contributed by atoms with Crippen molar-refractivity contribution in [2.24, 2.45) is 11.8 Å². The standard InChI is InChI=1S/C13H23NO2/c1-10-4-3-5-11(10)12(15)14-8-6-13(2,16)7-9-14/h10-11,16H,3-9H2,1-2H3. The molecule has 0 radical (unpaired) electrons. The Hall–Kier alpha value is -0.570. The van der Waals surface area contributed by atoms with Crippen LogP contribution in [0.5, 0.6) is 0 Å². The van der Waals surface area contributed by atoms with E-state index >= 15 is 0 Å². The molecule has 0 bridgehead atoms. The number of amides is 1. The Kier molecular flexibility index (Phi) is 3.24. The van der Waals surface area contributed by atoms with Gasteiger partial charge in [-0.25, -0.2) is 0 Å². The minimum atomic E-state index is -0.557. The minimum Gasteiger partial charge on any atom is -0.390 e. The molecule has 2 fully saturated rings. The van der Waals surface area contributed by atoms with Gasteiger partial charge in [0, 0.05) is 19.0 Å². The molecule has 1 saturated heterocycles. The summed E-state index contributed by atoms with van der Waals surface area (Å²) in [5, 5.41) is 9.85. The first-order valence-electron chi connectivity index (χ1n) is 6.51.